The van der Waals surface area contributed by atoms with Crippen molar-refractivity contribution in [1.82, 2.24) is 0 Å². The van der Waals surface area contributed by atoms with E-state index >= 15 is 0 Å². The largest absolute Gasteiger partial charge is 0.370 e. The second-order valence-corrected chi connectivity index (χ2v) is 2.71. The number of rotatable bonds is 4. The van der Waals surface area contributed by atoms with Gasteiger partial charge in [0.1, 0.15) is 0 Å². The van der Waals surface area contributed by atoms with E-state index in [2.05, 4.69) is 0 Å². The van der Waals surface area contributed by atoms with Crippen LogP contribution in [0.25, 0.3) is 0 Å². The van der Waals surface area contributed by atoms with Gasteiger partial charge in [-0.25, -0.2) is 0 Å². The van der Waals surface area contributed by atoms with Gasteiger partial charge in [0, 0.05) is 12.0 Å². The molecular formula is C7H16N2O. The molecule has 0 saturated carbocycles. The number of carbonyl (C=O) groups excluding carboxylic acids is 1. The molecular weight excluding hydrogens is 128 g/mol. The summed E-state index contributed by atoms with van der Waals surface area (Å²) in [6.07, 6.45) is 1.89. The highest BCUT2D eigenvalue weighted by atomic mass is 16.1. The molecule has 0 bridgehead atoms. The fourth-order valence-corrected chi connectivity index (χ4v) is 0.847. The van der Waals surface area contributed by atoms with Crippen LogP contribution in [-0.4, -0.2) is 11.4 Å². The molecule has 0 aliphatic rings. The Labute approximate surface area is 61.8 Å². The van der Waals surface area contributed by atoms with Crippen LogP contribution in [0, 0.1) is 0 Å². The summed E-state index contributed by atoms with van der Waals surface area (Å²) in [6, 6.07) is 0. The lowest BCUT2D eigenvalue weighted by Crippen LogP contribution is -2.42. The van der Waals surface area contributed by atoms with E-state index in [-0.39, 0.29) is 11.4 Å². The highest BCUT2D eigenvalue weighted by Gasteiger charge is 2.22. The first-order chi connectivity index (χ1) is 4.54. The molecule has 0 aromatic carbocycles. The molecule has 0 saturated heterocycles. The Bertz CT molecular complexity index is 119. The molecule has 4 N–H and O–H groups in total. The zero-order valence-electron chi connectivity index (χ0n) is 6.68. The molecule has 0 heterocycles. The van der Waals surface area contributed by atoms with Gasteiger partial charge < -0.3 is 11.5 Å². The van der Waals surface area contributed by atoms with Crippen molar-refractivity contribution in [2.24, 2.45) is 11.5 Å². The molecule has 0 radical (unpaired) electrons. The van der Waals surface area contributed by atoms with Gasteiger partial charge in [-0.3, -0.25) is 4.79 Å². The van der Waals surface area contributed by atoms with Gasteiger partial charge in [0.05, 0.1) is 0 Å². The number of nitrogens with two attached hydrogens (primary N) is 2. The first kappa shape index (κ1) is 9.43. The predicted molar refractivity (Wildman–Crippen MR) is 41.3 cm³/mol. The SMILES string of the molecule is CCC(N)(CC)CC(N)=O. The monoisotopic (exact) mass is 144 g/mol. The Kier molecular flexibility index (Phi) is 3.36. The Hall–Kier alpha value is -0.570. The first-order valence-corrected chi connectivity index (χ1v) is 3.61. The van der Waals surface area contributed by atoms with Gasteiger partial charge in [-0.1, -0.05) is 13.8 Å². The lowest BCUT2D eigenvalue weighted by Gasteiger charge is -2.24. The van der Waals surface area contributed by atoms with Gasteiger partial charge in [-0.2, -0.15) is 0 Å². The lowest BCUT2D eigenvalue weighted by molar-refractivity contribution is -0.119. The van der Waals surface area contributed by atoms with E-state index in [0.29, 0.717) is 6.42 Å². The van der Waals surface area contributed by atoms with E-state index in [4.69, 9.17) is 11.5 Å². The minimum Gasteiger partial charge on any atom is -0.370 e. The molecule has 0 aliphatic heterocycles. The molecule has 3 heteroatoms. The summed E-state index contributed by atoms with van der Waals surface area (Å²) in [5, 5.41) is 0. The van der Waals surface area contributed by atoms with Crippen LogP contribution in [0.1, 0.15) is 33.1 Å². The van der Waals surface area contributed by atoms with Gasteiger partial charge in [0.2, 0.25) is 5.91 Å². The molecule has 0 unspecified atom stereocenters. The summed E-state index contributed by atoms with van der Waals surface area (Å²) in [5.41, 5.74) is 10.4. The third-order valence-corrected chi connectivity index (χ3v) is 1.93. The summed E-state index contributed by atoms with van der Waals surface area (Å²) in [7, 11) is 0. The van der Waals surface area contributed by atoms with Crippen molar-refractivity contribution in [2.45, 2.75) is 38.6 Å². The normalized spacial score (nSPS) is 11.5. The van der Waals surface area contributed by atoms with Crippen LogP contribution in [0.2, 0.25) is 0 Å². The number of primary amides is 1. The van der Waals surface area contributed by atoms with E-state index in [1.54, 1.807) is 0 Å². The summed E-state index contributed by atoms with van der Waals surface area (Å²) in [5.74, 6) is -0.314. The predicted octanol–water partition coefficient (Wildman–Crippen LogP) is 0.379. The Morgan fingerprint density at radius 3 is 1.90 bits per heavy atom. The van der Waals surface area contributed by atoms with Crippen molar-refractivity contribution in [3.63, 3.8) is 0 Å². The van der Waals surface area contributed by atoms with Gasteiger partial charge in [0.25, 0.3) is 0 Å². The van der Waals surface area contributed by atoms with Gasteiger partial charge in [-0.05, 0) is 12.8 Å². The van der Waals surface area contributed by atoms with Crippen molar-refractivity contribution in [3.05, 3.63) is 0 Å². The third kappa shape index (κ3) is 2.82. The molecule has 1 amide bonds. The van der Waals surface area contributed by atoms with E-state index in [1.807, 2.05) is 13.8 Å². The van der Waals surface area contributed by atoms with Gasteiger partial charge >= 0.3 is 0 Å². The molecule has 10 heavy (non-hydrogen) atoms. The Morgan fingerprint density at radius 1 is 1.40 bits per heavy atom. The maximum Gasteiger partial charge on any atom is 0.219 e. The standard InChI is InChI=1S/C7H16N2O/c1-3-7(9,4-2)5-6(8)10/h3-5,9H2,1-2H3,(H2,8,10). The average molecular weight is 144 g/mol. The second kappa shape index (κ2) is 3.56. The van der Waals surface area contributed by atoms with Crippen LogP contribution >= 0.6 is 0 Å². The van der Waals surface area contributed by atoms with Crippen molar-refractivity contribution in [2.75, 3.05) is 0 Å². The highest BCUT2D eigenvalue weighted by molar-refractivity contribution is 5.75. The van der Waals surface area contributed by atoms with E-state index in [1.165, 1.54) is 0 Å². The molecule has 0 aliphatic carbocycles. The van der Waals surface area contributed by atoms with E-state index < -0.39 is 0 Å². The zero-order valence-corrected chi connectivity index (χ0v) is 6.68. The fraction of sp³-hybridized carbons (Fsp3) is 0.857. The van der Waals surface area contributed by atoms with Crippen LogP contribution in [0.5, 0.6) is 0 Å². The molecule has 3 nitrogen and oxygen atoms in total. The smallest absolute Gasteiger partial charge is 0.219 e. The van der Waals surface area contributed by atoms with E-state index in [0.717, 1.165) is 12.8 Å². The number of hydrogen-bond acceptors (Lipinski definition) is 2. The molecule has 0 aromatic rings. The minimum absolute atomic E-state index is 0.292. The minimum atomic E-state index is -0.369. The maximum atomic E-state index is 10.5. The molecule has 0 fully saturated rings. The molecule has 0 atom stereocenters. The van der Waals surface area contributed by atoms with Gasteiger partial charge in [-0.15, -0.1) is 0 Å². The highest BCUT2D eigenvalue weighted by Crippen LogP contribution is 2.14. The maximum absolute atomic E-state index is 10.5. The number of amides is 1. The molecule has 0 rings (SSSR count). The topological polar surface area (TPSA) is 69.1 Å². The zero-order chi connectivity index (χ0) is 8.20. The van der Waals surface area contributed by atoms with Crippen LogP contribution in [-0.2, 0) is 4.79 Å². The lowest BCUT2D eigenvalue weighted by atomic mass is 9.90. The van der Waals surface area contributed by atoms with Crippen LogP contribution in [0.4, 0.5) is 0 Å². The third-order valence-electron chi connectivity index (χ3n) is 1.93. The second-order valence-electron chi connectivity index (χ2n) is 2.71. The molecule has 0 spiro atoms. The summed E-state index contributed by atoms with van der Waals surface area (Å²) >= 11 is 0. The molecule has 60 valence electrons. The quantitative estimate of drug-likeness (QED) is 0.599. The van der Waals surface area contributed by atoms with Crippen molar-refractivity contribution in [3.8, 4) is 0 Å². The Balaban J connectivity index is 3.92. The molecule has 0 aromatic heterocycles. The van der Waals surface area contributed by atoms with Crippen molar-refractivity contribution < 1.29 is 4.79 Å². The number of carbonyl (C=O) groups is 1. The van der Waals surface area contributed by atoms with Crippen LogP contribution < -0.4 is 11.5 Å². The summed E-state index contributed by atoms with van der Waals surface area (Å²) < 4.78 is 0. The van der Waals surface area contributed by atoms with Crippen LogP contribution in [0.15, 0.2) is 0 Å². The van der Waals surface area contributed by atoms with E-state index in [9.17, 15) is 4.79 Å². The van der Waals surface area contributed by atoms with Gasteiger partial charge in [0.15, 0.2) is 0 Å². The number of hydrogen-bond donors (Lipinski definition) is 2. The first-order valence-electron chi connectivity index (χ1n) is 3.61. The van der Waals surface area contributed by atoms with Crippen molar-refractivity contribution >= 4 is 5.91 Å². The summed E-state index contributed by atoms with van der Waals surface area (Å²) in [4.78, 5) is 10.5. The summed E-state index contributed by atoms with van der Waals surface area (Å²) in [6.45, 7) is 3.93. The van der Waals surface area contributed by atoms with Crippen LogP contribution in [0.3, 0.4) is 0 Å². The average Bonchev–Trinajstić information content (AvgIpc) is 1.87. The van der Waals surface area contributed by atoms with Crippen molar-refractivity contribution in [1.29, 1.82) is 0 Å². The Morgan fingerprint density at radius 2 is 1.80 bits per heavy atom. The fourth-order valence-electron chi connectivity index (χ4n) is 0.847.